The van der Waals surface area contributed by atoms with E-state index in [-0.39, 0.29) is 23.8 Å². The minimum Gasteiger partial charge on any atom is -0.482 e. The molecule has 0 spiro atoms. The van der Waals surface area contributed by atoms with E-state index in [4.69, 9.17) is 9.47 Å². The minimum absolute atomic E-state index is 0.229. The van der Waals surface area contributed by atoms with E-state index in [9.17, 15) is 18.8 Å². The molecule has 7 heteroatoms. The van der Waals surface area contributed by atoms with Gasteiger partial charge in [-0.3, -0.25) is 9.59 Å². The summed E-state index contributed by atoms with van der Waals surface area (Å²) in [4.78, 5) is 34.9. The van der Waals surface area contributed by atoms with E-state index in [0.717, 1.165) is 11.6 Å². The number of esters is 1. The first-order valence-corrected chi connectivity index (χ1v) is 9.16. The monoisotopic (exact) mass is 401 g/mol. The van der Waals surface area contributed by atoms with Crippen LogP contribution in [0.2, 0.25) is 0 Å². The molecule has 0 radical (unpaired) electrons. The van der Waals surface area contributed by atoms with Crippen molar-refractivity contribution in [2.24, 2.45) is 0 Å². The molecule has 0 aliphatic carbocycles. The molecule has 0 heterocycles. The molecule has 0 bridgehead atoms. The molecule has 0 unspecified atom stereocenters. The number of ketones is 1. The number of aryl methyl sites for hydroxylation is 1. The Morgan fingerprint density at radius 1 is 1.07 bits per heavy atom. The Bertz CT molecular complexity index is 923. The highest BCUT2D eigenvalue weighted by atomic mass is 19.1. The molecule has 0 aliphatic rings. The lowest BCUT2D eigenvalue weighted by Crippen LogP contribution is -2.20. The second kappa shape index (κ2) is 9.82. The number of halogens is 1. The Balaban J connectivity index is 1.86. The highest BCUT2D eigenvalue weighted by molar-refractivity contribution is 5.99. The van der Waals surface area contributed by atoms with Crippen molar-refractivity contribution in [3.63, 3.8) is 0 Å². The third kappa shape index (κ3) is 6.41. The SMILES string of the molecule is CC(=O)Nc1ccc(C(=O)COC(=O)COc2ccc(C(C)C)c(C)c2)c(F)c1. The van der Waals surface area contributed by atoms with Crippen LogP contribution in [0.15, 0.2) is 36.4 Å². The van der Waals surface area contributed by atoms with Gasteiger partial charge in [-0.15, -0.1) is 0 Å². The first-order valence-electron chi connectivity index (χ1n) is 9.16. The smallest absolute Gasteiger partial charge is 0.344 e. The fraction of sp³-hybridized carbons (Fsp3) is 0.318. The van der Waals surface area contributed by atoms with Gasteiger partial charge in [-0.05, 0) is 54.3 Å². The maximum atomic E-state index is 14.0. The van der Waals surface area contributed by atoms with Gasteiger partial charge >= 0.3 is 5.97 Å². The number of amides is 1. The number of benzene rings is 2. The van der Waals surface area contributed by atoms with Gasteiger partial charge in [0.2, 0.25) is 11.7 Å². The number of anilines is 1. The molecular weight excluding hydrogens is 377 g/mol. The Kier molecular flexibility index (Phi) is 7.47. The van der Waals surface area contributed by atoms with Crippen LogP contribution >= 0.6 is 0 Å². The van der Waals surface area contributed by atoms with E-state index in [1.807, 2.05) is 19.1 Å². The van der Waals surface area contributed by atoms with Gasteiger partial charge in [-0.25, -0.2) is 9.18 Å². The summed E-state index contributed by atoms with van der Waals surface area (Å²) in [6.07, 6.45) is 0. The predicted molar refractivity (Wildman–Crippen MR) is 107 cm³/mol. The first-order chi connectivity index (χ1) is 13.7. The summed E-state index contributed by atoms with van der Waals surface area (Å²) in [7, 11) is 0. The molecule has 0 fully saturated rings. The maximum Gasteiger partial charge on any atom is 0.344 e. The molecule has 1 N–H and O–H groups in total. The molecular formula is C22H24FNO5. The van der Waals surface area contributed by atoms with Crippen molar-refractivity contribution < 1.29 is 28.2 Å². The van der Waals surface area contributed by atoms with E-state index in [1.54, 1.807) is 6.07 Å². The maximum absolute atomic E-state index is 14.0. The van der Waals surface area contributed by atoms with Crippen LogP contribution < -0.4 is 10.1 Å². The molecule has 29 heavy (non-hydrogen) atoms. The van der Waals surface area contributed by atoms with Gasteiger partial charge in [0, 0.05) is 12.6 Å². The van der Waals surface area contributed by atoms with Crippen LogP contribution in [0.3, 0.4) is 0 Å². The number of rotatable bonds is 8. The lowest BCUT2D eigenvalue weighted by atomic mass is 9.98. The van der Waals surface area contributed by atoms with Gasteiger partial charge in [0.25, 0.3) is 0 Å². The summed E-state index contributed by atoms with van der Waals surface area (Å²) >= 11 is 0. The van der Waals surface area contributed by atoms with Gasteiger partial charge in [-0.1, -0.05) is 19.9 Å². The largest absolute Gasteiger partial charge is 0.482 e. The molecule has 6 nitrogen and oxygen atoms in total. The van der Waals surface area contributed by atoms with Gasteiger partial charge in [0.15, 0.2) is 13.2 Å². The molecule has 0 atom stereocenters. The van der Waals surface area contributed by atoms with E-state index in [1.165, 1.54) is 24.6 Å². The van der Waals surface area contributed by atoms with Gasteiger partial charge in [0.05, 0.1) is 5.56 Å². The van der Waals surface area contributed by atoms with Crippen molar-refractivity contribution in [3.8, 4) is 5.75 Å². The number of nitrogens with one attached hydrogen (secondary N) is 1. The fourth-order valence-corrected chi connectivity index (χ4v) is 2.82. The van der Waals surface area contributed by atoms with Crippen LogP contribution in [0, 0.1) is 12.7 Å². The van der Waals surface area contributed by atoms with Crippen LogP contribution in [0.4, 0.5) is 10.1 Å². The molecule has 0 saturated carbocycles. The Labute approximate surface area is 169 Å². The van der Waals surface area contributed by atoms with E-state index in [2.05, 4.69) is 19.2 Å². The lowest BCUT2D eigenvalue weighted by Gasteiger charge is -2.12. The molecule has 0 saturated heterocycles. The van der Waals surface area contributed by atoms with Crippen molar-refractivity contribution in [1.82, 2.24) is 0 Å². The second-order valence-electron chi connectivity index (χ2n) is 6.92. The summed E-state index contributed by atoms with van der Waals surface area (Å²) in [5.74, 6) is -1.69. The van der Waals surface area contributed by atoms with Gasteiger partial charge in [-0.2, -0.15) is 0 Å². The van der Waals surface area contributed by atoms with Crippen molar-refractivity contribution in [2.45, 2.75) is 33.6 Å². The van der Waals surface area contributed by atoms with Crippen molar-refractivity contribution >= 4 is 23.3 Å². The summed E-state index contributed by atoms with van der Waals surface area (Å²) in [5.41, 5.74) is 2.25. The van der Waals surface area contributed by atoms with E-state index < -0.39 is 24.2 Å². The number of ether oxygens (including phenoxy) is 2. The Hall–Kier alpha value is -3.22. The molecule has 0 aromatic heterocycles. The lowest BCUT2D eigenvalue weighted by molar-refractivity contribution is -0.144. The topological polar surface area (TPSA) is 81.7 Å². The Morgan fingerprint density at radius 2 is 1.79 bits per heavy atom. The molecule has 154 valence electrons. The first kappa shape index (κ1) is 22.1. The van der Waals surface area contributed by atoms with Crippen molar-refractivity contribution in [3.05, 3.63) is 58.9 Å². The molecule has 1 amide bonds. The zero-order valence-corrected chi connectivity index (χ0v) is 16.9. The van der Waals surface area contributed by atoms with Crippen molar-refractivity contribution in [2.75, 3.05) is 18.5 Å². The van der Waals surface area contributed by atoms with Gasteiger partial charge < -0.3 is 14.8 Å². The van der Waals surface area contributed by atoms with Crippen LogP contribution in [-0.4, -0.2) is 30.9 Å². The number of hydrogen-bond acceptors (Lipinski definition) is 5. The number of hydrogen-bond donors (Lipinski definition) is 1. The third-order valence-corrected chi connectivity index (χ3v) is 4.17. The molecule has 2 aromatic rings. The zero-order chi connectivity index (χ0) is 21.6. The van der Waals surface area contributed by atoms with Crippen LogP contribution in [-0.2, 0) is 14.3 Å². The standard InChI is InChI=1S/C22H24FNO5/c1-13(2)18-8-6-17(9-14(18)3)28-12-22(27)29-11-21(26)19-7-5-16(10-20(19)23)24-15(4)25/h5-10,13H,11-12H2,1-4H3,(H,24,25). The number of carbonyl (C=O) groups excluding carboxylic acids is 3. The average Bonchev–Trinajstić information content (AvgIpc) is 2.63. The average molecular weight is 401 g/mol. The summed E-state index contributed by atoms with van der Waals surface area (Å²) in [6.45, 7) is 6.46. The fourth-order valence-electron chi connectivity index (χ4n) is 2.82. The summed E-state index contributed by atoms with van der Waals surface area (Å²) in [6, 6.07) is 9.20. The predicted octanol–water partition coefficient (Wildman–Crippen LogP) is 4.02. The van der Waals surface area contributed by atoms with Crippen LogP contribution in [0.1, 0.15) is 48.2 Å². The molecule has 0 aliphatic heterocycles. The molecule has 2 rings (SSSR count). The number of Topliss-reactive ketones (excluding diaryl/α,β-unsaturated/α-hetero) is 1. The minimum atomic E-state index is -0.811. The summed E-state index contributed by atoms with van der Waals surface area (Å²) < 4.78 is 24.3. The quantitative estimate of drug-likeness (QED) is 0.534. The number of carbonyl (C=O) groups is 3. The van der Waals surface area contributed by atoms with Crippen LogP contribution in [0.5, 0.6) is 5.75 Å². The third-order valence-electron chi connectivity index (χ3n) is 4.17. The Morgan fingerprint density at radius 3 is 2.38 bits per heavy atom. The normalized spacial score (nSPS) is 10.6. The van der Waals surface area contributed by atoms with Crippen LogP contribution in [0.25, 0.3) is 0 Å². The summed E-state index contributed by atoms with van der Waals surface area (Å²) in [5, 5.41) is 2.42. The van der Waals surface area contributed by atoms with E-state index >= 15 is 0 Å². The molecule has 2 aromatic carbocycles. The highest BCUT2D eigenvalue weighted by Crippen LogP contribution is 2.23. The highest BCUT2D eigenvalue weighted by Gasteiger charge is 2.15. The zero-order valence-electron chi connectivity index (χ0n) is 16.9. The van der Waals surface area contributed by atoms with E-state index in [0.29, 0.717) is 11.7 Å². The second-order valence-corrected chi connectivity index (χ2v) is 6.92. The van der Waals surface area contributed by atoms with Gasteiger partial charge in [0.1, 0.15) is 11.6 Å². The van der Waals surface area contributed by atoms with Crippen molar-refractivity contribution in [1.29, 1.82) is 0 Å².